The lowest BCUT2D eigenvalue weighted by Crippen LogP contribution is -2.67. The van der Waals surface area contributed by atoms with Crippen LogP contribution in [-0.2, 0) is 38.1 Å². The Hall–Kier alpha value is -2.41. The summed E-state index contributed by atoms with van der Waals surface area (Å²) in [5.74, 6) is -5.12. The number of carbonyl (C=O) groups excluding carboxylic acids is 4. The molecule has 0 radical (unpaired) electrons. The molecule has 0 saturated carbocycles. The fraction of sp³-hybridized carbons (Fsp3) is 0.714. The third-order valence-corrected chi connectivity index (χ3v) is 3.28. The Morgan fingerprint density at radius 1 is 1.00 bits per heavy atom. The molecule has 5 atom stereocenters. The van der Waals surface area contributed by atoms with Gasteiger partial charge in [0.2, 0.25) is 0 Å². The minimum atomic E-state index is -5.30. The number of aliphatic hydroxyl groups is 1. The van der Waals surface area contributed by atoms with Gasteiger partial charge in [-0.2, -0.15) is 13.2 Å². The number of carbonyl (C=O) groups is 4. The average molecular weight is 401 g/mol. The zero-order valence-electron chi connectivity index (χ0n) is 14.4. The topological polar surface area (TPSA) is 137 Å². The fourth-order valence-corrected chi connectivity index (χ4v) is 2.31. The predicted octanol–water partition coefficient (Wildman–Crippen LogP) is -0.823. The zero-order valence-corrected chi connectivity index (χ0v) is 14.4. The van der Waals surface area contributed by atoms with E-state index in [0.717, 1.165) is 20.8 Å². The van der Waals surface area contributed by atoms with E-state index in [0.29, 0.717) is 0 Å². The second kappa shape index (κ2) is 8.99. The fourth-order valence-electron chi connectivity index (χ4n) is 2.31. The van der Waals surface area contributed by atoms with E-state index in [1.807, 2.05) is 0 Å². The standard InChI is InChI=1S/C14H18F3NO9/c1-5(19)24-4-8-10(25-6(2)20)11(26-7(3)21)9(12(22)27-8)18-13(23)14(15,16)17/h8-12,22H,4H2,1-3H3,(H,18,23)/t8-,9+,10+,11+,12+/m1/s1. The molecule has 1 aliphatic rings. The molecular formula is C14H18F3NO9. The van der Waals surface area contributed by atoms with E-state index in [1.54, 1.807) is 0 Å². The smallest absolute Gasteiger partial charge is 0.463 e. The van der Waals surface area contributed by atoms with E-state index in [-0.39, 0.29) is 0 Å². The molecule has 0 bridgehead atoms. The number of ether oxygens (including phenoxy) is 4. The van der Waals surface area contributed by atoms with Crippen LogP contribution in [-0.4, -0.2) is 72.3 Å². The molecule has 1 saturated heterocycles. The van der Waals surface area contributed by atoms with Crippen molar-refractivity contribution in [3.63, 3.8) is 0 Å². The monoisotopic (exact) mass is 401 g/mol. The van der Waals surface area contributed by atoms with Gasteiger partial charge in [-0.25, -0.2) is 0 Å². The van der Waals surface area contributed by atoms with Gasteiger partial charge in [0.25, 0.3) is 0 Å². The van der Waals surface area contributed by atoms with E-state index >= 15 is 0 Å². The van der Waals surface area contributed by atoms with E-state index in [1.165, 1.54) is 5.32 Å². The summed E-state index contributed by atoms with van der Waals surface area (Å²) in [6.07, 6.45) is -12.1. The number of nitrogens with one attached hydrogen (secondary N) is 1. The lowest BCUT2D eigenvalue weighted by molar-refractivity contribution is -0.266. The number of aliphatic hydroxyl groups excluding tert-OH is 1. The molecule has 1 amide bonds. The normalized spacial score (nSPS) is 28.0. The van der Waals surface area contributed by atoms with Crippen LogP contribution >= 0.6 is 0 Å². The Kier molecular flexibility index (Phi) is 7.54. The highest BCUT2D eigenvalue weighted by Gasteiger charge is 2.52. The molecule has 0 unspecified atom stereocenters. The van der Waals surface area contributed by atoms with Crippen molar-refractivity contribution in [1.29, 1.82) is 0 Å². The third-order valence-electron chi connectivity index (χ3n) is 3.28. The first kappa shape index (κ1) is 22.6. The molecule has 154 valence electrons. The Balaban J connectivity index is 3.18. The summed E-state index contributed by atoms with van der Waals surface area (Å²) in [4.78, 5) is 44.9. The van der Waals surface area contributed by atoms with Crippen molar-refractivity contribution >= 4 is 23.8 Å². The molecule has 0 aliphatic carbocycles. The van der Waals surface area contributed by atoms with Crippen LogP contribution in [0.15, 0.2) is 0 Å². The van der Waals surface area contributed by atoms with Gasteiger partial charge in [0.1, 0.15) is 18.8 Å². The highest BCUT2D eigenvalue weighted by Crippen LogP contribution is 2.27. The third kappa shape index (κ3) is 6.67. The number of halogens is 3. The van der Waals surface area contributed by atoms with Crippen LogP contribution in [0.5, 0.6) is 0 Å². The quantitative estimate of drug-likeness (QED) is 0.447. The molecule has 27 heavy (non-hydrogen) atoms. The van der Waals surface area contributed by atoms with Crippen molar-refractivity contribution in [2.75, 3.05) is 6.61 Å². The van der Waals surface area contributed by atoms with Crippen LogP contribution < -0.4 is 5.32 Å². The maximum Gasteiger partial charge on any atom is 0.471 e. The van der Waals surface area contributed by atoms with E-state index < -0.39 is 67.2 Å². The molecule has 1 heterocycles. The van der Waals surface area contributed by atoms with Gasteiger partial charge in [-0.05, 0) is 0 Å². The Morgan fingerprint density at radius 3 is 1.96 bits per heavy atom. The van der Waals surface area contributed by atoms with Gasteiger partial charge < -0.3 is 29.4 Å². The molecule has 0 aromatic carbocycles. The summed E-state index contributed by atoms with van der Waals surface area (Å²) < 4.78 is 57.1. The molecular weight excluding hydrogens is 383 g/mol. The SMILES string of the molecule is CC(=O)OC[C@H]1O[C@H](O)[C@@H](NC(=O)C(F)(F)F)[C@H](OC(C)=O)[C@H]1OC(C)=O. The zero-order chi connectivity index (χ0) is 20.9. The Bertz CT molecular complexity index is 595. The lowest BCUT2D eigenvalue weighted by Gasteiger charge is -2.43. The molecule has 1 aliphatic heterocycles. The Morgan fingerprint density at radius 2 is 1.52 bits per heavy atom. The molecule has 1 fully saturated rings. The first-order valence-electron chi connectivity index (χ1n) is 7.52. The minimum Gasteiger partial charge on any atom is -0.463 e. The van der Waals surface area contributed by atoms with Crippen LogP contribution in [0.1, 0.15) is 20.8 Å². The van der Waals surface area contributed by atoms with Gasteiger partial charge in [-0.3, -0.25) is 19.2 Å². The van der Waals surface area contributed by atoms with Gasteiger partial charge in [-0.15, -0.1) is 0 Å². The molecule has 1 rings (SSSR count). The van der Waals surface area contributed by atoms with E-state index in [2.05, 4.69) is 0 Å². The first-order chi connectivity index (χ1) is 12.3. The molecule has 2 N–H and O–H groups in total. The maximum absolute atomic E-state index is 12.5. The molecule has 0 aromatic rings. The summed E-state index contributed by atoms with van der Waals surface area (Å²) in [5, 5.41) is 11.4. The highest BCUT2D eigenvalue weighted by atomic mass is 19.4. The summed E-state index contributed by atoms with van der Waals surface area (Å²) in [7, 11) is 0. The second-order valence-electron chi connectivity index (χ2n) is 5.51. The summed E-state index contributed by atoms with van der Waals surface area (Å²) in [5.41, 5.74) is 0. The van der Waals surface area contributed by atoms with Gasteiger partial charge in [0.15, 0.2) is 18.5 Å². The number of esters is 3. The summed E-state index contributed by atoms with van der Waals surface area (Å²) >= 11 is 0. The number of alkyl halides is 3. The lowest BCUT2D eigenvalue weighted by atomic mass is 9.96. The van der Waals surface area contributed by atoms with Gasteiger partial charge in [0.05, 0.1) is 0 Å². The van der Waals surface area contributed by atoms with Crippen LogP contribution in [0.3, 0.4) is 0 Å². The van der Waals surface area contributed by atoms with Crippen LogP contribution in [0, 0.1) is 0 Å². The van der Waals surface area contributed by atoms with Crippen molar-refractivity contribution in [2.24, 2.45) is 0 Å². The minimum absolute atomic E-state index is 0.567. The second-order valence-corrected chi connectivity index (χ2v) is 5.51. The Labute approximate surface area is 150 Å². The van der Waals surface area contributed by atoms with Gasteiger partial charge >= 0.3 is 30.0 Å². The van der Waals surface area contributed by atoms with Crippen molar-refractivity contribution in [2.45, 2.75) is 57.6 Å². The predicted molar refractivity (Wildman–Crippen MR) is 76.6 cm³/mol. The molecule has 0 aromatic heterocycles. The van der Waals surface area contributed by atoms with Crippen molar-refractivity contribution in [3.05, 3.63) is 0 Å². The molecule has 13 heteroatoms. The number of hydrogen-bond donors (Lipinski definition) is 2. The summed E-state index contributed by atoms with van der Waals surface area (Å²) in [6, 6.07) is -1.92. The van der Waals surface area contributed by atoms with Crippen molar-refractivity contribution in [3.8, 4) is 0 Å². The largest absolute Gasteiger partial charge is 0.471 e. The number of hydrogen-bond acceptors (Lipinski definition) is 9. The molecule has 0 spiro atoms. The summed E-state index contributed by atoms with van der Waals surface area (Å²) in [6.45, 7) is 2.36. The van der Waals surface area contributed by atoms with Crippen LogP contribution in [0.4, 0.5) is 13.2 Å². The van der Waals surface area contributed by atoms with Gasteiger partial charge in [0, 0.05) is 20.8 Å². The highest BCUT2D eigenvalue weighted by molar-refractivity contribution is 5.82. The number of rotatable bonds is 5. The van der Waals surface area contributed by atoms with Gasteiger partial charge in [-0.1, -0.05) is 0 Å². The van der Waals surface area contributed by atoms with E-state index in [4.69, 9.17) is 18.9 Å². The van der Waals surface area contributed by atoms with Crippen LogP contribution in [0.2, 0.25) is 0 Å². The van der Waals surface area contributed by atoms with Crippen LogP contribution in [0.25, 0.3) is 0 Å². The van der Waals surface area contributed by atoms with Crippen molar-refractivity contribution < 1.29 is 56.4 Å². The van der Waals surface area contributed by atoms with Crippen molar-refractivity contribution in [1.82, 2.24) is 5.32 Å². The first-order valence-corrected chi connectivity index (χ1v) is 7.52. The average Bonchev–Trinajstić information content (AvgIpc) is 2.49. The maximum atomic E-state index is 12.5. The number of amides is 1. The molecule has 10 nitrogen and oxygen atoms in total. The van der Waals surface area contributed by atoms with E-state index in [9.17, 15) is 37.5 Å².